The molecule has 1 atom stereocenters. The van der Waals surface area contributed by atoms with Gasteiger partial charge in [-0.3, -0.25) is 0 Å². The second-order valence-electron chi connectivity index (χ2n) is 3.60. The zero-order valence-corrected chi connectivity index (χ0v) is 11.6. The second-order valence-corrected chi connectivity index (χ2v) is 4.76. The molecule has 5 heteroatoms. The summed E-state index contributed by atoms with van der Waals surface area (Å²) in [6.07, 6.45) is -0.145. The minimum absolute atomic E-state index is 0.145. The van der Waals surface area contributed by atoms with Crippen LogP contribution in [0.1, 0.15) is 44.3 Å². The molecular formula is C10H14BrClN2O. The summed E-state index contributed by atoms with van der Waals surface area (Å²) in [4.78, 5) is 8.60. The van der Waals surface area contributed by atoms with Crippen molar-refractivity contribution in [3.63, 3.8) is 0 Å². The molecular weight excluding hydrogens is 279 g/mol. The highest BCUT2D eigenvalue weighted by molar-refractivity contribution is 9.10. The number of hydrogen-bond donors (Lipinski definition) is 0. The molecule has 1 aromatic heterocycles. The molecule has 0 bridgehead atoms. The van der Waals surface area contributed by atoms with Gasteiger partial charge in [-0.15, -0.1) is 0 Å². The first-order valence-corrected chi connectivity index (χ1v) is 5.90. The highest BCUT2D eigenvalue weighted by Crippen LogP contribution is 2.29. The van der Waals surface area contributed by atoms with Gasteiger partial charge in [0.15, 0.2) is 5.82 Å². The molecule has 1 unspecified atom stereocenters. The third-order valence-corrected chi connectivity index (χ3v) is 3.40. The molecule has 3 nitrogen and oxygen atoms in total. The van der Waals surface area contributed by atoms with Crippen LogP contribution < -0.4 is 0 Å². The van der Waals surface area contributed by atoms with Gasteiger partial charge in [0.25, 0.3) is 0 Å². The van der Waals surface area contributed by atoms with Crippen molar-refractivity contribution in [1.29, 1.82) is 0 Å². The van der Waals surface area contributed by atoms with Crippen molar-refractivity contribution in [2.45, 2.75) is 32.8 Å². The van der Waals surface area contributed by atoms with Gasteiger partial charge in [-0.05, 0) is 28.8 Å². The normalized spacial score (nSPS) is 13.3. The highest BCUT2D eigenvalue weighted by Gasteiger charge is 2.16. The Bertz CT molecular complexity index is 358. The molecule has 0 saturated heterocycles. The van der Waals surface area contributed by atoms with Crippen LogP contribution in [-0.4, -0.2) is 17.1 Å². The van der Waals surface area contributed by atoms with E-state index >= 15 is 0 Å². The van der Waals surface area contributed by atoms with Gasteiger partial charge in [-0.2, -0.15) is 0 Å². The Hall–Kier alpha value is -0.190. The molecule has 1 rings (SSSR count). The van der Waals surface area contributed by atoms with Crippen molar-refractivity contribution in [3.8, 4) is 0 Å². The van der Waals surface area contributed by atoms with Crippen molar-refractivity contribution in [1.82, 2.24) is 9.97 Å². The summed E-state index contributed by atoms with van der Waals surface area (Å²) in [6, 6.07) is 0. The molecule has 84 valence electrons. The number of nitrogens with zero attached hydrogens (tertiary/aromatic N) is 2. The number of halogens is 2. The van der Waals surface area contributed by atoms with Gasteiger partial charge >= 0.3 is 0 Å². The summed E-state index contributed by atoms with van der Waals surface area (Å²) >= 11 is 9.40. The Morgan fingerprint density at radius 3 is 2.33 bits per heavy atom. The summed E-state index contributed by atoms with van der Waals surface area (Å²) in [5, 5.41) is 0.438. The fourth-order valence-corrected chi connectivity index (χ4v) is 1.94. The second kappa shape index (κ2) is 5.23. The Balaban J connectivity index is 3.23. The molecule has 0 aliphatic carbocycles. The molecule has 15 heavy (non-hydrogen) atoms. The SMILES string of the molecule is COC(C)c1nc(Cl)c(Br)c(C(C)C)n1. The maximum atomic E-state index is 6.01. The topological polar surface area (TPSA) is 35.0 Å². The number of ether oxygens (including phenoxy) is 1. The van der Waals surface area contributed by atoms with Crippen molar-refractivity contribution in [2.75, 3.05) is 7.11 Å². The largest absolute Gasteiger partial charge is 0.374 e. The van der Waals surface area contributed by atoms with Gasteiger partial charge in [0, 0.05) is 7.11 Å². The Labute approximate surface area is 103 Å². The van der Waals surface area contributed by atoms with Crippen molar-refractivity contribution < 1.29 is 4.74 Å². The van der Waals surface area contributed by atoms with Crippen molar-refractivity contribution in [2.24, 2.45) is 0 Å². The lowest BCUT2D eigenvalue weighted by Crippen LogP contribution is -2.07. The molecule has 0 N–H and O–H groups in total. The molecule has 0 radical (unpaired) electrons. The van der Waals surface area contributed by atoms with Gasteiger partial charge < -0.3 is 4.74 Å². The smallest absolute Gasteiger partial charge is 0.158 e. The summed E-state index contributed by atoms with van der Waals surface area (Å²) in [6.45, 7) is 6.01. The number of aromatic nitrogens is 2. The zero-order chi connectivity index (χ0) is 11.6. The number of rotatable bonds is 3. The van der Waals surface area contributed by atoms with Crippen LogP contribution in [0.5, 0.6) is 0 Å². The highest BCUT2D eigenvalue weighted by atomic mass is 79.9. The summed E-state index contributed by atoms with van der Waals surface area (Å²) in [5.41, 5.74) is 0.911. The third kappa shape index (κ3) is 2.89. The minimum Gasteiger partial charge on any atom is -0.374 e. The Morgan fingerprint density at radius 2 is 1.87 bits per heavy atom. The van der Waals surface area contributed by atoms with Crippen LogP contribution in [0.2, 0.25) is 5.15 Å². The van der Waals surface area contributed by atoms with E-state index in [1.54, 1.807) is 7.11 Å². The van der Waals surface area contributed by atoms with E-state index in [1.165, 1.54) is 0 Å². The maximum absolute atomic E-state index is 6.01. The van der Waals surface area contributed by atoms with Crippen LogP contribution in [0.15, 0.2) is 4.47 Å². The van der Waals surface area contributed by atoms with E-state index in [4.69, 9.17) is 16.3 Å². The van der Waals surface area contributed by atoms with Gasteiger partial charge in [0.05, 0.1) is 10.2 Å². The lowest BCUT2D eigenvalue weighted by molar-refractivity contribution is 0.111. The summed E-state index contributed by atoms with van der Waals surface area (Å²) in [7, 11) is 1.62. The quantitative estimate of drug-likeness (QED) is 0.797. The molecule has 0 aliphatic rings. The maximum Gasteiger partial charge on any atom is 0.158 e. The summed E-state index contributed by atoms with van der Waals surface area (Å²) < 4.78 is 5.94. The monoisotopic (exact) mass is 292 g/mol. The van der Waals surface area contributed by atoms with Crippen LogP contribution in [0, 0.1) is 0 Å². The number of hydrogen-bond acceptors (Lipinski definition) is 3. The molecule has 0 fully saturated rings. The van der Waals surface area contributed by atoms with E-state index in [0.717, 1.165) is 10.2 Å². The Morgan fingerprint density at radius 1 is 1.27 bits per heavy atom. The van der Waals surface area contributed by atoms with Gasteiger partial charge in [-0.25, -0.2) is 9.97 Å². The molecule has 1 heterocycles. The predicted octanol–water partition coefficient (Wildman–Crippen LogP) is 3.72. The molecule has 1 aromatic rings. The lowest BCUT2D eigenvalue weighted by Gasteiger charge is -2.13. The van der Waals surface area contributed by atoms with Gasteiger partial charge in [-0.1, -0.05) is 25.4 Å². The first-order chi connectivity index (χ1) is 6.97. The summed E-state index contributed by atoms with van der Waals surface area (Å²) in [5.74, 6) is 0.914. The van der Waals surface area contributed by atoms with E-state index in [9.17, 15) is 0 Å². The van der Waals surface area contributed by atoms with E-state index in [2.05, 4.69) is 39.7 Å². The standard InChI is InChI=1S/C10H14BrClN2O/c1-5(2)8-7(11)9(12)14-10(13-8)6(3)15-4/h5-6H,1-4H3. The molecule has 0 saturated carbocycles. The fraction of sp³-hybridized carbons (Fsp3) is 0.600. The fourth-order valence-electron chi connectivity index (χ4n) is 1.12. The molecule has 0 aromatic carbocycles. The van der Waals surface area contributed by atoms with E-state index < -0.39 is 0 Å². The predicted molar refractivity (Wildman–Crippen MR) is 64.3 cm³/mol. The van der Waals surface area contributed by atoms with Crippen LogP contribution in [-0.2, 0) is 4.74 Å². The van der Waals surface area contributed by atoms with Crippen molar-refractivity contribution >= 4 is 27.5 Å². The van der Waals surface area contributed by atoms with Crippen LogP contribution in [0.4, 0.5) is 0 Å². The van der Waals surface area contributed by atoms with Crippen LogP contribution in [0.25, 0.3) is 0 Å². The zero-order valence-electron chi connectivity index (χ0n) is 9.21. The van der Waals surface area contributed by atoms with Crippen LogP contribution >= 0.6 is 27.5 Å². The van der Waals surface area contributed by atoms with Crippen molar-refractivity contribution in [3.05, 3.63) is 21.1 Å². The van der Waals surface area contributed by atoms with E-state index in [0.29, 0.717) is 16.9 Å². The third-order valence-electron chi connectivity index (χ3n) is 2.12. The molecule has 0 spiro atoms. The van der Waals surface area contributed by atoms with Gasteiger partial charge in [0.2, 0.25) is 0 Å². The molecule has 0 amide bonds. The van der Waals surface area contributed by atoms with Crippen LogP contribution in [0.3, 0.4) is 0 Å². The lowest BCUT2D eigenvalue weighted by atomic mass is 10.1. The average Bonchev–Trinajstić information content (AvgIpc) is 2.20. The first-order valence-electron chi connectivity index (χ1n) is 4.73. The molecule has 0 aliphatic heterocycles. The van der Waals surface area contributed by atoms with E-state index in [-0.39, 0.29) is 6.10 Å². The first kappa shape index (κ1) is 12.9. The average molecular weight is 294 g/mol. The minimum atomic E-state index is -0.145. The number of methoxy groups -OCH3 is 1. The Kier molecular flexibility index (Phi) is 4.49. The van der Waals surface area contributed by atoms with Gasteiger partial charge in [0.1, 0.15) is 11.3 Å². The van der Waals surface area contributed by atoms with E-state index in [1.807, 2.05) is 6.92 Å².